The van der Waals surface area contributed by atoms with Gasteiger partial charge in [-0.1, -0.05) is 23.5 Å². The molecule has 7 nitrogen and oxygen atoms in total. The van der Waals surface area contributed by atoms with E-state index in [0.717, 1.165) is 29.6 Å². The van der Waals surface area contributed by atoms with Gasteiger partial charge in [-0.3, -0.25) is 20.2 Å². The molecule has 0 unspecified atom stereocenters. The van der Waals surface area contributed by atoms with Crippen LogP contribution in [0.2, 0.25) is 0 Å². The molecular weight excluding hydrogens is 443 g/mol. The summed E-state index contributed by atoms with van der Waals surface area (Å²) in [5.41, 5.74) is -1.21. The Bertz CT molecular complexity index is 1090. The Morgan fingerprint density at radius 2 is 1.20 bits per heavy atom. The fourth-order valence-electron chi connectivity index (χ4n) is 2.28. The van der Waals surface area contributed by atoms with Gasteiger partial charge in [0.15, 0.2) is 0 Å². The molecule has 0 saturated heterocycles. The molecule has 0 spiro atoms. The van der Waals surface area contributed by atoms with Crippen LogP contribution in [0.5, 0.6) is 0 Å². The Kier molecular flexibility index (Phi) is 6.27. The van der Waals surface area contributed by atoms with Gasteiger partial charge in [-0.05, 0) is 36.4 Å². The van der Waals surface area contributed by atoms with Gasteiger partial charge in [-0.2, -0.15) is 13.2 Å². The molecular formula is C18H10F3N3O4S2. The zero-order valence-corrected chi connectivity index (χ0v) is 16.3. The maximum Gasteiger partial charge on any atom is 0.419 e. The summed E-state index contributed by atoms with van der Waals surface area (Å²) < 4.78 is 40.2. The number of pyridine rings is 1. The van der Waals surface area contributed by atoms with E-state index in [9.17, 15) is 33.4 Å². The van der Waals surface area contributed by atoms with E-state index in [4.69, 9.17) is 0 Å². The van der Waals surface area contributed by atoms with Gasteiger partial charge >= 0.3 is 6.18 Å². The van der Waals surface area contributed by atoms with E-state index < -0.39 is 21.6 Å². The van der Waals surface area contributed by atoms with Crippen molar-refractivity contribution in [2.24, 2.45) is 0 Å². The standard InChI is InChI=1S/C18H10F3N3O4S2/c19-18(20,21)15-9-10-16(29-13-5-1-11(2-6-13)23(25)26)22-17(15)30-14-7-3-12(4-8-14)24(27)28/h1-10H. The van der Waals surface area contributed by atoms with Gasteiger partial charge in [0.05, 0.1) is 15.4 Å². The lowest BCUT2D eigenvalue weighted by Crippen LogP contribution is -2.08. The molecule has 0 aliphatic carbocycles. The molecule has 0 aliphatic heterocycles. The van der Waals surface area contributed by atoms with Crippen LogP contribution in [0.1, 0.15) is 5.56 Å². The second-order valence-electron chi connectivity index (χ2n) is 5.71. The Morgan fingerprint density at radius 3 is 1.63 bits per heavy atom. The van der Waals surface area contributed by atoms with Crippen molar-refractivity contribution >= 4 is 34.9 Å². The average molecular weight is 453 g/mol. The van der Waals surface area contributed by atoms with Crippen molar-refractivity contribution in [1.82, 2.24) is 4.98 Å². The van der Waals surface area contributed by atoms with E-state index in [-0.39, 0.29) is 21.4 Å². The smallest absolute Gasteiger partial charge is 0.258 e. The summed E-state index contributed by atoms with van der Waals surface area (Å²) in [6, 6.07) is 12.8. The molecule has 30 heavy (non-hydrogen) atoms. The number of benzene rings is 2. The van der Waals surface area contributed by atoms with Crippen molar-refractivity contribution in [3.8, 4) is 0 Å². The van der Waals surface area contributed by atoms with Gasteiger partial charge in [0, 0.05) is 34.1 Å². The Balaban J connectivity index is 1.89. The van der Waals surface area contributed by atoms with E-state index >= 15 is 0 Å². The lowest BCUT2D eigenvalue weighted by atomic mass is 10.3. The van der Waals surface area contributed by atoms with Gasteiger partial charge < -0.3 is 0 Å². The number of nitro groups is 2. The van der Waals surface area contributed by atoms with Crippen LogP contribution in [0, 0.1) is 20.2 Å². The fraction of sp³-hybridized carbons (Fsp3) is 0.0556. The van der Waals surface area contributed by atoms with Crippen molar-refractivity contribution in [2.45, 2.75) is 26.0 Å². The van der Waals surface area contributed by atoms with Crippen LogP contribution in [-0.4, -0.2) is 14.8 Å². The van der Waals surface area contributed by atoms with Crippen LogP contribution in [0.15, 0.2) is 80.5 Å². The largest absolute Gasteiger partial charge is 0.419 e. The molecule has 1 aromatic heterocycles. The second kappa shape index (κ2) is 8.71. The molecule has 0 fully saturated rings. The van der Waals surface area contributed by atoms with E-state index in [2.05, 4.69) is 4.98 Å². The normalized spacial score (nSPS) is 11.3. The summed E-state index contributed by atoms with van der Waals surface area (Å²) in [6.45, 7) is 0. The predicted octanol–water partition coefficient (Wildman–Crippen LogP) is 6.22. The highest BCUT2D eigenvalue weighted by atomic mass is 32.2. The molecule has 1 heterocycles. The summed E-state index contributed by atoms with van der Waals surface area (Å²) in [4.78, 5) is 25.3. The summed E-state index contributed by atoms with van der Waals surface area (Å²) in [7, 11) is 0. The molecule has 0 aliphatic rings. The summed E-state index contributed by atoms with van der Waals surface area (Å²) >= 11 is 1.79. The number of aromatic nitrogens is 1. The van der Waals surface area contributed by atoms with E-state index in [0.29, 0.717) is 9.79 Å². The number of hydrogen-bond acceptors (Lipinski definition) is 7. The number of rotatable bonds is 6. The molecule has 0 atom stereocenters. The molecule has 3 aromatic rings. The molecule has 12 heteroatoms. The third kappa shape index (κ3) is 5.27. The zero-order valence-electron chi connectivity index (χ0n) is 14.7. The zero-order chi connectivity index (χ0) is 21.9. The minimum atomic E-state index is -4.63. The molecule has 3 rings (SSSR count). The Labute approximate surface area is 175 Å². The molecule has 0 bridgehead atoms. The van der Waals surface area contributed by atoms with Crippen molar-refractivity contribution < 1.29 is 23.0 Å². The lowest BCUT2D eigenvalue weighted by Gasteiger charge is -2.13. The summed E-state index contributed by atoms with van der Waals surface area (Å²) in [5, 5.41) is 21.4. The summed E-state index contributed by atoms with van der Waals surface area (Å²) in [5.74, 6) is 0. The van der Waals surface area contributed by atoms with E-state index in [1.54, 1.807) is 0 Å². The highest BCUT2D eigenvalue weighted by molar-refractivity contribution is 8.00. The first-order chi connectivity index (χ1) is 14.1. The molecule has 0 radical (unpaired) electrons. The average Bonchev–Trinajstić information content (AvgIpc) is 2.68. The molecule has 0 amide bonds. The Hall–Kier alpha value is -3.12. The van der Waals surface area contributed by atoms with E-state index in [1.165, 1.54) is 54.6 Å². The number of alkyl halides is 3. The molecule has 2 aromatic carbocycles. The molecule has 0 N–H and O–H groups in total. The number of nitro benzene ring substituents is 2. The van der Waals surface area contributed by atoms with Crippen LogP contribution in [-0.2, 0) is 6.18 Å². The van der Waals surface area contributed by atoms with Crippen molar-refractivity contribution in [2.75, 3.05) is 0 Å². The maximum atomic E-state index is 13.4. The van der Waals surface area contributed by atoms with Crippen molar-refractivity contribution in [3.63, 3.8) is 0 Å². The first kappa shape index (κ1) is 21.6. The number of halogens is 3. The van der Waals surface area contributed by atoms with Gasteiger partial charge in [-0.15, -0.1) is 0 Å². The second-order valence-corrected chi connectivity index (χ2v) is 7.86. The van der Waals surface area contributed by atoms with Crippen LogP contribution >= 0.6 is 23.5 Å². The Morgan fingerprint density at radius 1 is 0.733 bits per heavy atom. The minimum absolute atomic E-state index is 0.103. The number of nitrogens with zero attached hydrogens (tertiary/aromatic N) is 3. The van der Waals surface area contributed by atoms with Crippen molar-refractivity contribution in [3.05, 3.63) is 86.5 Å². The van der Waals surface area contributed by atoms with Gasteiger partial charge in [0.25, 0.3) is 11.4 Å². The van der Waals surface area contributed by atoms with E-state index in [1.807, 2.05) is 0 Å². The highest BCUT2D eigenvalue weighted by Gasteiger charge is 2.34. The van der Waals surface area contributed by atoms with Gasteiger partial charge in [0.2, 0.25) is 0 Å². The number of non-ortho nitro benzene ring substituents is 2. The first-order valence-electron chi connectivity index (χ1n) is 8.06. The van der Waals surface area contributed by atoms with Crippen molar-refractivity contribution in [1.29, 1.82) is 0 Å². The molecule has 154 valence electrons. The topological polar surface area (TPSA) is 99.2 Å². The van der Waals surface area contributed by atoms with Crippen LogP contribution in [0.4, 0.5) is 24.5 Å². The fourth-order valence-corrected chi connectivity index (χ4v) is 4.06. The van der Waals surface area contributed by atoms with Crippen LogP contribution in [0.25, 0.3) is 0 Å². The van der Waals surface area contributed by atoms with Crippen LogP contribution < -0.4 is 0 Å². The highest BCUT2D eigenvalue weighted by Crippen LogP contribution is 2.40. The predicted molar refractivity (Wildman–Crippen MR) is 104 cm³/mol. The first-order valence-corrected chi connectivity index (χ1v) is 9.69. The summed E-state index contributed by atoms with van der Waals surface area (Å²) in [6.07, 6.45) is -4.63. The quantitative estimate of drug-likeness (QED) is 0.323. The minimum Gasteiger partial charge on any atom is -0.258 e. The lowest BCUT2D eigenvalue weighted by molar-refractivity contribution is -0.385. The SMILES string of the molecule is O=[N+]([O-])c1ccc(Sc2ccc(C(F)(F)F)c(Sc3ccc([N+](=O)[O-])cc3)n2)cc1. The van der Waals surface area contributed by atoms with Gasteiger partial charge in [0.1, 0.15) is 10.1 Å². The maximum absolute atomic E-state index is 13.4. The molecule has 0 saturated carbocycles. The third-order valence-electron chi connectivity index (χ3n) is 3.67. The van der Waals surface area contributed by atoms with Crippen LogP contribution in [0.3, 0.4) is 0 Å². The monoisotopic (exact) mass is 453 g/mol. The number of hydrogen-bond donors (Lipinski definition) is 0. The van der Waals surface area contributed by atoms with Gasteiger partial charge in [-0.25, -0.2) is 4.98 Å². The third-order valence-corrected chi connectivity index (χ3v) is 5.63.